The highest BCUT2D eigenvalue weighted by atomic mass is 16.5. The fourth-order valence-electron chi connectivity index (χ4n) is 3.29. The first-order valence-electron chi connectivity index (χ1n) is 6.48. The Hall–Kier alpha value is -1.94. The maximum absolute atomic E-state index is 12.4. The minimum absolute atomic E-state index is 0.0873. The van der Waals surface area contributed by atoms with Crippen LogP contribution in [-0.4, -0.2) is 28.9 Å². The van der Waals surface area contributed by atoms with E-state index in [9.17, 15) is 9.59 Å². The van der Waals surface area contributed by atoms with Crippen molar-refractivity contribution in [1.82, 2.24) is 4.90 Å². The van der Waals surface area contributed by atoms with E-state index in [-0.39, 0.29) is 35.9 Å². The molecule has 0 aliphatic carbocycles. The largest absolute Gasteiger partial charge is 0.365 e. The minimum atomic E-state index is -0.300. The topological polar surface area (TPSA) is 46.6 Å². The molecule has 4 rings (SSSR count). The number of nitrogens with zero attached hydrogens (tertiary/aromatic N) is 1. The van der Waals surface area contributed by atoms with Crippen molar-refractivity contribution in [2.24, 2.45) is 11.8 Å². The average molecular weight is 255 g/mol. The fourth-order valence-corrected chi connectivity index (χ4v) is 3.29. The number of hydrogen-bond donors (Lipinski definition) is 0. The molecule has 0 N–H and O–H groups in total. The van der Waals surface area contributed by atoms with Crippen LogP contribution in [0.3, 0.4) is 0 Å². The number of carbonyl (C=O) groups excluding carboxylic acids is 2. The Balaban J connectivity index is 1.62. The predicted octanol–water partition coefficient (Wildman–Crippen LogP) is 1.12. The molecule has 2 saturated heterocycles. The van der Waals surface area contributed by atoms with Gasteiger partial charge in [0.15, 0.2) is 0 Å². The van der Waals surface area contributed by atoms with E-state index in [1.54, 1.807) is 0 Å². The summed E-state index contributed by atoms with van der Waals surface area (Å²) in [6, 6.07) is 9.60. The molecular formula is C15H13NO3. The van der Waals surface area contributed by atoms with E-state index < -0.39 is 0 Å². The summed E-state index contributed by atoms with van der Waals surface area (Å²) < 4.78 is 5.60. The van der Waals surface area contributed by atoms with Crippen molar-refractivity contribution in [3.8, 4) is 0 Å². The Labute approximate surface area is 110 Å². The molecule has 0 aromatic heterocycles. The molecule has 3 aliphatic rings. The highest BCUT2D eigenvalue weighted by Crippen LogP contribution is 2.45. The highest BCUT2D eigenvalue weighted by molar-refractivity contribution is 6.06. The molecule has 2 bridgehead atoms. The molecule has 1 aromatic carbocycles. The molecular weight excluding hydrogens is 242 g/mol. The Kier molecular flexibility index (Phi) is 2.17. The zero-order chi connectivity index (χ0) is 13.0. The van der Waals surface area contributed by atoms with Crippen LogP contribution >= 0.6 is 0 Å². The monoisotopic (exact) mass is 255 g/mol. The SMILES string of the molecule is O=C1C2C3C=C[C@@H](O3)[C@@H]2C(=O)N1Cc1ccccc1. The molecule has 0 spiro atoms. The summed E-state index contributed by atoms with van der Waals surface area (Å²) in [4.78, 5) is 26.2. The number of amides is 2. The Morgan fingerprint density at radius 3 is 2.11 bits per heavy atom. The molecule has 96 valence electrons. The van der Waals surface area contributed by atoms with E-state index >= 15 is 0 Å². The summed E-state index contributed by atoms with van der Waals surface area (Å²) in [5, 5.41) is 0. The molecule has 0 radical (unpaired) electrons. The van der Waals surface area contributed by atoms with Crippen molar-refractivity contribution in [3.63, 3.8) is 0 Å². The summed E-state index contributed by atoms with van der Waals surface area (Å²) in [6.07, 6.45) is 3.41. The molecule has 2 amide bonds. The smallest absolute Gasteiger partial charge is 0.236 e. The lowest BCUT2D eigenvalue weighted by atomic mass is 9.85. The van der Waals surface area contributed by atoms with Crippen molar-refractivity contribution < 1.29 is 14.3 Å². The van der Waals surface area contributed by atoms with Gasteiger partial charge in [-0.15, -0.1) is 0 Å². The van der Waals surface area contributed by atoms with E-state index in [1.165, 1.54) is 4.90 Å². The lowest BCUT2D eigenvalue weighted by Crippen LogP contribution is -2.33. The van der Waals surface area contributed by atoms with Gasteiger partial charge in [-0.25, -0.2) is 0 Å². The predicted molar refractivity (Wildman–Crippen MR) is 66.8 cm³/mol. The van der Waals surface area contributed by atoms with Gasteiger partial charge in [0.1, 0.15) is 0 Å². The van der Waals surface area contributed by atoms with Gasteiger partial charge in [0.25, 0.3) is 0 Å². The molecule has 4 atom stereocenters. The van der Waals surface area contributed by atoms with Gasteiger partial charge >= 0.3 is 0 Å². The van der Waals surface area contributed by atoms with Gasteiger partial charge in [-0.05, 0) is 5.56 Å². The van der Waals surface area contributed by atoms with E-state index in [0.717, 1.165) is 5.56 Å². The Morgan fingerprint density at radius 2 is 1.53 bits per heavy atom. The zero-order valence-electron chi connectivity index (χ0n) is 10.2. The third kappa shape index (κ3) is 1.43. The third-order valence-corrected chi connectivity index (χ3v) is 4.19. The number of rotatable bonds is 2. The maximum atomic E-state index is 12.4. The highest BCUT2D eigenvalue weighted by Gasteiger charge is 2.60. The van der Waals surface area contributed by atoms with E-state index in [0.29, 0.717) is 6.54 Å². The number of hydrogen-bond acceptors (Lipinski definition) is 3. The van der Waals surface area contributed by atoms with Crippen molar-refractivity contribution in [1.29, 1.82) is 0 Å². The van der Waals surface area contributed by atoms with Crippen molar-refractivity contribution in [2.75, 3.05) is 0 Å². The van der Waals surface area contributed by atoms with Gasteiger partial charge in [0.05, 0.1) is 30.6 Å². The van der Waals surface area contributed by atoms with Crippen molar-refractivity contribution >= 4 is 11.8 Å². The lowest BCUT2D eigenvalue weighted by Gasteiger charge is -2.17. The summed E-state index contributed by atoms with van der Waals surface area (Å²) in [7, 11) is 0. The molecule has 19 heavy (non-hydrogen) atoms. The van der Waals surface area contributed by atoms with E-state index in [1.807, 2.05) is 42.5 Å². The lowest BCUT2D eigenvalue weighted by molar-refractivity contribution is -0.143. The number of carbonyl (C=O) groups is 2. The zero-order valence-corrected chi connectivity index (χ0v) is 10.2. The van der Waals surface area contributed by atoms with Crippen LogP contribution in [0.2, 0.25) is 0 Å². The number of ether oxygens (including phenoxy) is 1. The Bertz CT molecular complexity index is 550. The average Bonchev–Trinajstić information content (AvgIpc) is 3.10. The number of likely N-dealkylation sites (tertiary alicyclic amines) is 1. The van der Waals surface area contributed by atoms with Crippen LogP contribution < -0.4 is 0 Å². The van der Waals surface area contributed by atoms with Crippen LogP contribution in [0.1, 0.15) is 5.56 Å². The minimum Gasteiger partial charge on any atom is -0.365 e. The summed E-state index contributed by atoms with van der Waals surface area (Å²) >= 11 is 0. The first-order valence-corrected chi connectivity index (χ1v) is 6.48. The van der Waals surface area contributed by atoms with Crippen LogP contribution in [0.15, 0.2) is 42.5 Å². The van der Waals surface area contributed by atoms with Gasteiger partial charge in [-0.3, -0.25) is 14.5 Å². The molecule has 4 nitrogen and oxygen atoms in total. The second-order valence-corrected chi connectivity index (χ2v) is 5.25. The maximum Gasteiger partial charge on any atom is 0.236 e. The second kappa shape index (κ2) is 3.78. The third-order valence-electron chi connectivity index (χ3n) is 4.19. The van der Waals surface area contributed by atoms with Gasteiger partial charge in [-0.1, -0.05) is 42.5 Å². The van der Waals surface area contributed by atoms with Crippen molar-refractivity contribution in [3.05, 3.63) is 48.0 Å². The molecule has 1 aromatic rings. The summed E-state index contributed by atoms with van der Waals surface area (Å²) in [6.45, 7) is 0.366. The first-order chi connectivity index (χ1) is 9.25. The van der Waals surface area contributed by atoms with E-state index in [2.05, 4.69) is 0 Å². The number of fused-ring (bicyclic) bond motifs is 5. The molecule has 3 aliphatic heterocycles. The quantitative estimate of drug-likeness (QED) is 0.588. The number of benzene rings is 1. The van der Waals surface area contributed by atoms with Gasteiger partial charge in [0.2, 0.25) is 11.8 Å². The molecule has 0 saturated carbocycles. The van der Waals surface area contributed by atoms with Crippen LogP contribution in [-0.2, 0) is 20.9 Å². The molecule has 2 fully saturated rings. The Morgan fingerprint density at radius 1 is 0.947 bits per heavy atom. The molecule has 4 heteroatoms. The number of imide groups is 1. The van der Waals surface area contributed by atoms with Crippen LogP contribution in [0.25, 0.3) is 0 Å². The summed E-state index contributed by atoms with van der Waals surface area (Å²) in [5.41, 5.74) is 0.977. The second-order valence-electron chi connectivity index (χ2n) is 5.25. The fraction of sp³-hybridized carbons (Fsp3) is 0.333. The normalized spacial score (nSPS) is 35.3. The van der Waals surface area contributed by atoms with Crippen LogP contribution in [0, 0.1) is 11.8 Å². The van der Waals surface area contributed by atoms with Crippen molar-refractivity contribution in [2.45, 2.75) is 18.8 Å². The van der Waals surface area contributed by atoms with Crippen LogP contribution in [0.4, 0.5) is 0 Å². The van der Waals surface area contributed by atoms with Gasteiger partial charge in [0, 0.05) is 0 Å². The standard InChI is InChI=1S/C15H13NO3/c17-14-12-10-6-7-11(19-10)13(12)15(18)16(14)8-9-4-2-1-3-5-9/h1-7,10-13H,8H2/t10-,11?,12+,13?/m1/s1. The van der Waals surface area contributed by atoms with Gasteiger partial charge < -0.3 is 4.74 Å². The first kappa shape index (κ1) is 10.9. The molecule has 3 heterocycles. The van der Waals surface area contributed by atoms with Gasteiger partial charge in [-0.2, -0.15) is 0 Å². The molecule has 2 unspecified atom stereocenters. The van der Waals surface area contributed by atoms with E-state index in [4.69, 9.17) is 4.74 Å². The summed E-state index contributed by atoms with van der Waals surface area (Å²) in [5.74, 6) is -0.774. The van der Waals surface area contributed by atoms with Crippen LogP contribution in [0.5, 0.6) is 0 Å².